The van der Waals surface area contributed by atoms with Crippen molar-refractivity contribution in [3.8, 4) is 27.9 Å². The molecule has 3 heteroatoms. The van der Waals surface area contributed by atoms with Crippen molar-refractivity contribution in [3.05, 3.63) is 206 Å². The molecule has 0 aliphatic rings. The van der Waals surface area contributed by atoms with E-state index in [2.05, 4.69) is 204 Å². The number of benzene rings is 9. The highest BCUT2D eigenvalue weighted by Gasteiger charge is 2.19. The average molecular weight is 703 g/mol. The van der Waals surface area contributed by atoms with Crippen molar-refractivity contribution in [1.29, 1.82) is 0 Å². The molecular weight excluding hydrogens is 669 g/mol. The van der Waals surface area contributed by atoms with Crippen LogP contribution in [0.1, 0.15) is 0 Å². The summed E-state index contributed by atoms with van der Waals surface area (Å²) in [4.78, 5) is 2.38. The van der Waals surface area contributed by atoms with Crippen molar-refractivity contribution in [2.45, 2.75) is 0 Å². The molecule has 0 aliphatic carbocycles. The first kappa shape index (κ1) is 31.2. The van der Waals surface area contributed by atoms with Gasteiger partial charge in [-0.1, -0.05) is 133 Å². The van der Waals surface area contributed by atoms with E-state index >= 15 is 0 Å². The third-order valence-electron chi connectivity index (χ3n) is 11.0. The van der Waals surface area contributed by atoms with Crippen LogP contribution in [0.4, 0.5) is 17.1 Å². The number of hydrogen-bond donors (Lipinski definition) is 0. The summed E-state index contributed by atoms with van der Waals surface area (Å²) in [6.07, 6.45) is 0. The van der Waals surface area contributed by atoms with Gasteiger partial charge in [0.05, 0.1) is 16.7 Å². The van der Waals surface area contributed by atoms with Crippen LogP contribution in [-0.2, 0) is 0 Å². The molecule has 0 bridgehead atoms. The van der Waals surface area contributed by atoms with Gasteiger partial charge in [0.1, 0.15) is 11.2 Å². The Balaban J connectivity index is 1.07. The molecule has 0 atom stereocenters. The number of fused-ring (bicyclic) bond motifs is 7. The molecule has 0 saturated carbocycles. The van der Waals surface area contributed by atoms with Gasteiger partial charge in [0.25, 0.3) is 0 Å². The Labute approximate surface area is 318 Å². The van der Waals surface area contributed by atoms with Crippen molar-refractivity contribution in [2.24, 2.45) is 0 Å². The second kappa shape index (κ2) is 12.6. The monoisotopic (exact) mass is 702 g/mol. The molecule has 2 heterocycles. The summed E-state index contributed by atoms with van der Waals surface area (Å²) >= 11 is 0. The fourth-order valence-corrected chi connectivity index (χ4v) is 8.45. The molecule has 11 rings (SSSR count). The fourth-order valence-electron chi connectivity index (χ4n) is 8.45. The number of rotatable bonds is 6. The van der Waals surface area contributed by atoms with Gasteiger partial charge < -0.3 is 13.9 Å². The molecule has 0 radical (unpaired) electrons. The summed E-state index contributed by atoms with van der Waals surface area (Å²) in [6, 6.07) is 74.0. The molecule has 0 fully saturated rings. The lowest BCUT2D eigenvalue weighted by molar-refractivity contribution is 0.669. The van der Waals surface area contributed by atoms with Crippen molar-refractivity contribution in [1.82, 2.24) is 4.57 Å². The average Bonchev–Trinajstić information content (AvgIpc) is 3.80. The standard InChI is InChI=1S/C52H34N2O/c1-2-14-41-35(12-1)13-11-19-42(41)36-24-27-38(28-25-36)53(39-29-31-40(32-30-39)54-49-21-8-4-16-44(49)45-17-5-9-22-50(45)54)48-20-7-3-15-43(48)37-26-33-47-46-18-6-10-23-51(46)55-52(47)34-37/h1-34H. The Kier molecular flexibility index (Phi) is 7.17. The van der Waals surface area contributed by atoms with Crippen LogP contribution in [0.25, 0.3) is 82.5 Å². The minimum atomic E-state index is 0.884. The van der Waals surface area contributed by atoms with E-state index in [4.69, 9.17) is 4.42 Å². The Hall–Kier alpha value is -7.36. The van der Waals surface area contributed by atoms with Gasteiger partial charge in [0.15, 0.2) is 0 Å². The lowest BCUT2D eigenvalue weighted by Crippen LogP contribution is -2.11. The van der Waals surface area contributed by atoms with E-state index in [0.717, 1.165) is 55.8 Å². The first-order chi connectivity index (χ1) is 27.3. The molecule has 2 aromatic heterocycles. The highest BCUT2D eigenvalue weighted by atomic mass is 16.3. The van der Waals surface area contributed by atoms with Crippen LogP contribution in [0.2, 0.25) is 0 Å². The normalized spacial score (nSPS) is 11.6. The molecule has 11 aromatic rings. The summed E-state index contributed by atoms with van der Waals surface area (Å²) in [7, 11) is 0. The van der Waals surface area contributed by atoms with Gasteiger partial charge in [-0.3, -0.25) is 0 Å². The highest BCUT2D eigenvalue weighted by Crippen LogP contribution is 2.43. The SMILES string of the molecule is c1ccc(N(c2ccc(-c3cccc4ccccc34)cc2)c2ccc(-n3c4ccccc4c4ccccc43)cc2)c(-c2ccc3c(c2)oc2ccccc23)c1. The van der Waals surface area contributed by atoms with Gasteiger partial charge in [-0.25, -0.2) is 0 Å². The molecule has 0 N–H and O–H groups in total. The lowest BCUT2D eigenvalue weighted by atomic mass is 9.97. The second-order valence-corrected chi connectivity index (χ2v) is 14.1. The zero-order chi connectivity index (χ0) is 36.3. The molecule has 0 spiro atoms. The largest absolute Gasteiger partial charge is 0.456 e. The van der Waals surface area contributed by atoms with Crippen LogP contribution in [0.15, 0.2) is 211 Å². The zero-order valence-corrected chi connectivity index (χ0v) is 29.9. The highest BCUT2D eigenvalue weighted by molar-refractivity contribution is 6.09. The number of aromatic nitrogens is 1. The molecule has 0 aliphatic heterocycles. The molecule has 0 unspecified atom stereocenters. The summed E-state index contributed by atoms with van der Waals surface area (Å²) in [5, 5.41) is 7.26. The summed E-state index contributed by atoms with van der Waals surface area (Å²) < 4.78 is 8.73. The first-order valence-electron chi connectivity index (χ1n) is 18.8. The van der Waals surface area contributed by atoms with Crippen LogP contribution in [-0.4, -0.2) is 4.57 Å². The fraction of sp³-hybridized carbons (Fsp3) is 0. The van der Waals surface area contributed by atoms with Gasteiger partial charge in [-0.15, -0.1) is 0 Å². The minimum absolute atomic E-state index is 0.884. The predicted molar refractivity (Wildman–Crippen MR) is 231 cm³/mol. The van der Waals surface area contributed by atoms with Crippen LogP contribution >= 0.6 is 0 Å². The van der Waals surface area contributed by atoms with Crippen LogP contribution < -0.4 is 4.90 Å². The van der Waals surface area contributed by atoms with Crippen molar-refractivity contribution in [3.63, 3.8) is 0 Å². The van der Waals surface area contributed by atoms with Gasteiger partial charge in [0, 0.05) is 44.2 Å². The van der Waals surface area contributed by atoms with Crippen LogP contribution in [0.3, 0.4) is 0 Å². The second-order valence-electron chi connectivity index (χ2n) is 14.1. The quantitative estimate of drug-likeness (QED) is 0.172. The Bertz CT molecular complexity index is 3150. The molecule has 0 saturated heterocycles. The van der Waals surface area contributed by atoms with Crippen LogP contribution in [0.5, 0.6) is 0 Å². The van der Waals surface area contributed by atoms with E-state index < -0.39 is 0 Å². The third kappa shape index (κ3) is 5.13. The van der Waals surface area contributed by atoms with E-state index in [1.54, 1.807) is 0 Å². The first-order valence-corrected chi connectivity index (χ1v) is 18.8. The van der Waals surface area contributed by atoms with Gasteiger partial charge in [-0.2, -0.15) is 0 Å². The maximum atomic E-state index is 6.36. The molecule has 55 heavy (non-hydrogen) atoms. The van der Waals surface area contributed by atoms with Gasteiger partial charge in [-0.05, 0) is 100 Å². The Morgan fingerprint density at radius 2 is 0.909 bits per heavy atom. The molecular formula is C52H34N2O. The smallest absolute Gasteiger partial charge is 0.136 e. The number of para-hydroxylation sites is 4. The zero-order valence-electron chi connectivity index (χ0n) is 29.9. The van der Waals surface area contributed by atoms with Crippen LogP contribution in [0, 0.1) is 0 Å². The molecule has 3 nitrogen and oxygen atoms in total. The Morgan fingerprint density at radius 1 is 0.364 bits per heavy atom. The van der Waals surface area contributed by atoms with E-state index in [0.29, 0.717) is 0 Å². The molecule has 9 aromatic carbocycles. The summed E-state index contributed by atoms with van der Waals surface area (Å²) in [6.45, 7) is 0. The third-order valence-corrected chi connectivity index (χ3v) is 11.0. The van der Waals surface area contributed by atoms with E-state index in [9.17, 15) is 0 Å². The predicted octanol–water partition coefficient (Wildman–Crippen LogP) is 14.6. The maximum absolute atomic E-state index is 6.36. The number of nitrogens with zero attached hydrogens (tertiary/aromatic N) is 2. The minimum Gasteiger partial charge on any atom is -0.456 e. The summed E-state index contributed by atoms with van der Waals surface area (Å²) in [5.74, 6) is 0. The van der Waals surface area contributed by atoms with Gasteiger partial charge in [0.2, 0.25) is 0 Å². The van der Waals surface area contributed by atoms with E-state index in [1.807, 2.05) is 12.1 Å². The topological polar surface area (TPSA) is 21.3 Å². The van der Waals surface area contributed by atoms with Crippen molar-refractivity contribution < 1.29 is 4.42 Å². The van der Waals surface area contributed by atoms with Gasteiger partial charge >= 0.3 is 0 Å². The summed E-state index contributed by atoms with van der Waals surface area (Å²) in [5.41, 5.74) is 13.2. The lowest BCUT2D eigenvalue weighted by Gasteiger charge is -2.28. The van der Waals surface area contributed by atoms with Crippen molar-refractivity contribution in [2.75, 3.05) is 4.90 Å². The maximum Gasteiger partial charge on any atom is 0.136 e. The van der Waals surface area contributed by atoms with E-state index in [-0.39, 0.29) is 0 Å². The van der Waals surface area contributed by atoms with E-state index in [1.165, 1.54) is 43.7 Å². The Morgan fingerprint density at radius 3 is 1.67 bits per heavy atom. The molecule has 0 amide bonds. The number of furan rings is 1. The molecule has 258 valence electrons. The van der Waals surface area contributed by atoms with Crippen molar-refractivity contribution >= 4 is 71.6 Å². The number of anilines is 3. The number of hydrogen-bond acceptors (Lipinski definition) is 2.